The largest absolute Gasteiger partial charge is 0.422 e. The van der Waals surface area contributed by atoms with Crippen molar-refractivity contribution in [1.82, 2.24) is 10.2 Å². The summed E-state index contributed by atoms with van der Waals surface area (Å²) in [7, 11) is 0. The molecule has 4 nitrogen and oxygen atoms in total. The lowest BCUT2D eigenvalue weighted by atomic mass is 9.68. The molecule has 1 fully saturated rings. The van der Waals surface area contributed by atoms with E-state index in [0.29, 0.717) is 23.1 Å². The number of aromatic nitrogens is 2. The van der Waals surface area contributed by atoms with Crippen LogP contribution in [0.3, 0.4) is 0 Å². The first-order chi connectivity index (χ1) is 7.85. The van der Waals surface area contributed by atoms with Gasteiger partial charge in [0.25, 0.3) is 0 Å². The average molecular weight is 238 g/mol. The van der Waals surface area contributed by atoms with E-state index in [2.05, 4.69) is 31.0 Å². The van der Waals surface area contributed by atoms with Crippen LogP contribution in [0.2, 0.25) is 0 Å². The van der Waals surface area contributed by atoms with Crippen molar-refractivity contribution in [3.8, 4) is 0 Å². The van der Waals surface area contributed by atoms with Gasteiger partial charge in [-0.25, -0.2) is 0 Å². The van der Waals surface area contributed by atoms with Crippen molar-refractivity contribution in [3.05, 3.63) is 11.8 Å². The van der Waals surface area contributed by atoms with Crippen molar-refractivity contribution in [2.45, 2.75) is 59.0 Å². The number of nitrogens with zero attached hydrogens (tertiary/aromatic N) is 2. The van der Waals surface area contributed by atoms with E-state index in [1.165, 1.54) is 6.42 Å². The van der Waals surface area contributed by atoms with Crippen LogP contribution in [0.1, 0.15) is 70.8 Å². The van der Waals surface area contributed by atoms with Gasteiger partial charge in [0, 0.05) is 5.92 Å². The Bertz CT molecular complexity index is 373. The lowest BCUT2D eigenvalue weighted by Gasteiger charge is -2.37. The van der Waals surface area contributed by atoms with Gasteiger partial charge in [-0.1, -0.05) is 20.8 Å². The van der Waals surface area contributed by atoms with Crippen LogP contribution in [0, 0.1) is 11.3 Å². The molecule has 1 aliphatic rings. The summed E-state index contributed by atoms with van der Waals surface area (Å²) in [6, 6.07) is 0. The average Bonchev–Trinajstić information content (AvgIpc) is 2.57. The molecule has 0 aliphatic heterocycles. The minimum atomic E-state index is -0.665. The Labute approximate surface area is 102 Å². The minimum absolute atomic E-state index is 0.333. The van der Waals surface area contributed by atoms with Crippen LogP contribution in [-0.4, -0.2) is 15.3 Å². The van der Waals surface area contributed by atoms with Gasteiger partial charge in [0.15, 0.2) is 0 Å². The number of aliphatic hydroxyl groups excluding tert-OH is 1. The Kier molecular flexibility index (Phi) is 3.25. The lowest BCUT2D eigenvalue weighted by Crippen LogP contribution is -2.26. The van der Waals surface area contributed by atoms with E-state index in [4.69, 9.17) is 4.42 Å². The molecule has 0 radical (unpaired) electrons. The molecule has 0 unspecified atom stereocenters. The molecule has 0 bridgehead atoms. The molecule has 0 amide bonds. The minimum Gasteiger partial charge on any atom is -0.422 e. The highest BCUT2D eigenvalue weighted by Gasteiger charge is 2.36. The van der Waals surface area contributed by atoms with Crippen LogP contribution in [0.15, 0.2) is 4.42 Å². The second-order valence-corrected chi connectivity index (χ2v) is 6.45. The van der Waals surface area contributed by atoms with E-state index in [0.717, 1.165) is 18.8 Å². The Morgan fingerprint density at radius 1 is 1.35 bits per heavy atom. The summed E-state index contributed by atoms with van der Waals surface area (Å²) in [6.45, 7) is 8.47. The maximum absolute atomic E-state index is 9.32. The monoisotopic (exact) mass is 238 g/mol. The molecule has 1 saturated carbocycles. The topological polar surface area (TPSA) is 59.2 Å². The molecule has 0 saturated heterocycles. The van der Waals surface area contributed by atoms with Crippen LogP contribution in [0.5, 0.6) is 0 Å². The van der Waals surface area contributed by atoms with Crippen LogP contribution in [0.25, 0.3) is 0 Å². The summed E-state index contributed by atoms with van der Waals surface area (Å²) < 4.78 is 5.46. The van der Waals surface area contributed by atoms with Crippen molar-refractivity contribution in [1.29, 1.82) is 0 Å². The fourth-order valence-electron chi connectivity index (χ4n) is 2.55. The van der Waals surface area contributed by atoms with Gasteiger partial charge in [-0.3, -0.25) is 0 Å². The SMILES string of the molecule is C[C@H](O)c1nnc([C@H]2C[C@@H](CC(C)(C)C)C2)o1. The highest BCUT2D eigenvalue weighted by molar-refractivity contribution is 5.00. The zero-order valence-electron chi connectivity index (χ0n) is 11.1. The van der Waals surface area contributed by atoms with Crippen molar-refractivity contribution < 1.29 is 9.52 Å². The molecule has 1 atom stereocenters. The lowest BCUT2D eigenvalue weighted by molar-refractivity contribution is 0.141. The van der Waals surface area contributed by atoms with Crippen LogP contribution < -0.4 is 0 Å². The molecule has 1 aromatic rings. The number of aliphatic hydroxyl groups is 1. The predicted octanol–water partition coefficient (Wildman–Crippen LogP) is 3.05. The second kappa shape index (κ2) is 4.41. The smallest absolute Gasteiger partial charge is 0.244 e. The Morgan fingerprint density at radius 2 is 2.00 bits per heavy atom. The van der Waals surface area contributed by atoms with E-state index in [9.17, 15) is 5.11 Å². The molecule has 1 aromatic heterocycles. The molecule has 1 heterocycles. The van der Waals surface area contributed by atoms with Gasteiger partial charge in [0.2, 0.25) is 11.8 Å². The summed E-state index contributed by atoms with van der Waals surface area (Å²) in [4.78, 5) is 0. The third-order valence-electron chi connectivity index (χ3n) is 3.30. The molecule has 17 heavy (non-hydrogen) atoms. The number of rotatable bonds is 3. The Morgan fingerprint density at radius 3 is 2.47 bits per heavy atom. The fraction of sp³-hybridized carbons (Fsp3) is 0.846. The molecule has 1 N–H and O–H groups in total. The van der Waals surface area contributed by atoms with E-state index in [-0.39, 0.29) is 0 Å². The third kappa shape index (κ3) is 3.06. The van der Waals surface area contributed by atoms with Crippen LogP contribution >= 0.6 is 0 Å². The standard InChI is InChI=1S/C13H22N2O2/c1-8(16)11-14-15-12(17-11)10-5-9(6-10)7-13(2,3)4/h8-10,16H,5-7H2,1-4H3/t8-,9-,10+/m0/s1. The quantitative estimate of drug-likeness (QED) is 0.879. The molecular weight excluding hydrogens is 216 g/mol. The summed E-state index contributed by atoms with van der Waals surface area (Å²) in [5, 5.41) is 17.2. The maximum atomic E-state index is 9.32. The first-order valence-corrected chi connectivity index (χ1v) is 6.36. The van der Waals surface area contributed by atoms with Gasteiger partial charge in [-0.2, -0.15) is 0 Å². The third-order valence-corrected chi connectivity index (χ3v) is 3.30. The maximum Gasteiger partial charge on any atom is 0.244 e. The van der Waals surface area contributed by atoms with Gasteiger partial charge in [0.05, 0.1) is 0 Å². The zero-order chi connectivity index (χ0) is 12.6. The van der Waals surface area contributed by atoms with Crippen LogP contribution in [0.4, 0.5) is 0 Å². The van der Waals surface area contributed by atoms with Crippen LogP contribution in [-0.2, 0) is 0 Å². The van der Waals surface area contributed by atoms with Gasteiger partial charge < -0.3 is 9.52 Å². The normalized spacial score (nSPS) is 26.6. The fourth-order valence-corrected chi connectivity index (χ4v) is 2.55. The Hall–Kier alpha value is -0.900. The highest BCUT2D eigenvalue weighted by Crippen LogP contribution is 2.46. The van der Waals surface area contributed by atoms with Gasteiger partial charge in [0.1, 0.15) is 6.10 Å². The van der Waals surface area contributed by atoms with Gasteiger partial charge >= 0.3 is 0 Å². The molecule has 0 spiro atoms. The number of hydrogen-bond donors (Lipinski definition) is 1. The zero-order valence-corrected chi connectivity index (χ0v) is 11.1. The molecule has 96 valence electrons. The summed E-state index contributed by atoms with van der Waals surface area (Å²) in [5.41, 5.74) is 0.398. The first kappa shape index (κ1) is 12.6. The van der Waals surface area contributed by atoms with Crippen molar-refractivity contribution >= 4 is 0 Å². The first-order valence-electron chi connectivity index (χ1n) is 6.36. The van der Waals surface area contributed by atoms with Crippen molar-refractivity contribution in [2.24, 2.45) is 11.3 Å². The predicted molar refractivity (Wildman–Crippen MR) is 64.5 cm³/mol. The highest BCUT2D eigenvalue weighted by atomic mass is 16.4. The van der Waals surface area contributed by atoms with Crippen molar-refractivity contribution in [2.75, 3.05) is 0 Å². The molecule has 1 aliphatic carbocycles. The summed E-state index contributed by atoms with van der Waals surface area (Å²) in [6.07, 6.45) is 2.86. The number of hydrogen-bond acceptors (Lipinski definition) is 4. The van der Waals surface area contributed by atoms with Crippen molar-refractivity contribution in [3.63, 3.8) is 0 Å². The van der Waals surface area contributed by atoms with E-state index < -0.39 is 6.10 Å². The molecular formula is C13H22N2O2. The van der Waals surface area contributed by atoms with E-state index in [1.54, 1.807) is 6.92 Å². The summed E-state index contributed by atoms with van der Waals surface area (Å²) >= 11 is 0. The summed E-state index contributed by atoms with van der Waals surface area (Å²) in [5.74, 6) is 2.22. The molecule has 0 aromatic carbocycles. The van der Waals surface area contributed by atoms with Gasteiger partial charge in [-0.05, 0) is 37.5 Å². The Balaban J connectivity index is 1.86. The molecule has 4 heteroatoms. The van der Waals surface area contributed by atoms with E-state index >= 15 is 0 Å². The van der Waals surface area contributed by atoms with E-state index in [1.807, 2.05) is 0 Å². The second-order valence-electron chi connectivity index (χ2n) is 6.45. The van der Waals surface area contributed by atoms with Gasteiger partial charge in [-0.15, -0.1) is 10.2 Å². The molecule has 2 rings (SSSR count).